The third kappa shape index (κ3) is 3.35. The van der Waals surface area contributed by atoms with Crippen molar-refractivity contribution >= 4 is 17.4 Å². The molecule has 0 spiro atoms. The van der Waals surface area contributed by atoms with Gasteiger partial charge in [0.15, 0.2) is 0 Å². The van der Waals surface area contributed by atoms with E-state index in [1.54, 1.807) is 18.2 Å². The number of alkyl halides is 3. The molecule has 2 aromatic carbocycles. The summed E-state index contributed by atoms with van der Waals surface area (Å²) in [6.07, 6.45) is -2.16. The summed E-state index contributed by atoms with van der Waals surface area (Å²) in [6, 6.07) is 9.30. The van der Waals surface area contributed by atoms with E-state index < -0.39 is 17.6 Å². The van der Waals surface area contributed by atoms with Gasteiger partial charge in [0.1, 0.15) is 17.3 Å². The summed E-state index contributed by atoms with van der Waals surface area (Å²) in [5.74, 6) is 0.117. The van der Waals surface area contributed by atoms with Crippen molar-refractivity contribution in [3.63, 3.8) is 0 Å². The zero-order valence-electron chi connectivity index (χ0n) is 14.7. The Morgan fingerprint density at radius 1 is 1.07 bits per heavy atom. The molecule has 2 heterocycles. The zero-order valence-corrected chi connectivity index (χ0v) is 15.4. The van der Waals surface area contributed by atoms with Gasteiger partial charge in [0.2, 0.25) is 0 Å². The van der Waals surface area contributed by atoms with E-state index in [9.17, 15) is 17.6 Å². The van der Waals surface area contributed by atoms with E-state index in [2.05, 4.69) is 10.4 Å². The van der Waals surface area contributed by atoms with Crippen LogP contribution in [-0.4, -0.2) is 16.3 Å². The second-order valence-corrected chi connectivity index (χ2v) is 7.02. The van der Waals surface area contributed by atoms with Gasteiger partial charge >= 0.3 is 6.18 Å². The lowest BCUT2D eigenvalue weighted by atomic mass is 10.0. The molecule has 0 atom stereocenters. The van der Waals surface area contributed by atoms with E-state index in [-0.39, 0.29) is 16.3 Å². The minimum Gasteiger partial charge on any atom is -0.370 e. The lowest BCUT2D eigenvalue weighted by Crippen LogP contribution is -2.08. The van der Waals surface area contributed by atoms with Crippen LogP contribution in [0.1, 0.15) is 24.0 Å². The topological polar surface area (TPSA) is 29.9 Å². The van der Waals surface area contributed by atoms with Gasteiger partial charge in [-0.3, -0.25) is 0 Å². The van der Waals surface area contributed by atoms with Crippen molar-refractivity contribution in [3.05, 3.63) is 64.4 Å². The number of halogens is 5. The number of anilines is 1. The van der Waals surface area contributed by atoms with Crippen LogP contribution in [-0.2, 0) is 12.6 Å². The first-order valence-electron chi connectivity index (χ1n) is 8.84. The fourth-order valence-corrected chi connectivity index (χ4v) is 3.61. The quantitative estimate of drug-likeness (QED) is 0.518. The van der Waals surface area contributed by atoms with Crippen LogP contribution in [0.3, 0.4) is 0 Å². The molecule has 1 N–H and O–H groups in total. The first-order valence-corrected chi connectivity index (χ1v) is 9.22. The van der Waals surface area contributed by atoms with Crippen LogP contribution in [0.15, 0.2) is 42.5 Å². The highest BCUT2D eigenvalue weighted by molar-refractivity contribution is 6.33. The number of para-hydroxylation sites is 1. The molecular weight excluding hydrogens is 394 g/mol. The van der Waals surface area contributed by atoms with Crippen LogP contribution in [0.4, 0.5) is 23.4 Å². The number of rotatable bonds is 2. The number of nitrogens with one attached hydrogen (secondary N) is 1. The number of hydrogen-bond acceptors (Lipinski definition) is 2. The van der Waals surface area contributed by atoms with Crippen molar-refractivity contribution in [3.8, 4) is 16.9 Å². The van der Waals surface area contributed by atoms with Crippen LogP contribution in [0.5, 0.6) is 0 Å². The summed E-state index contributed by atoms with van der Waals surface area (Å²) in [6.45, 7) is 0.670. The molecule has 4 rings (SSSR count). The molecule has 0 aliphatic carbocycles. The highest BCUT2D eigenvalue weighted by Gasteiger charge is 2.32. The van der Waals surface area contributed by atoms with Gasteiger partial charge < -0.3 is 5.32 Å². The number of fused-ring (bicyclic) bond motifs is 1. The number of nitrogens with zero attached hydrogens (tertiary/aromatic N) is 2. The molecule has 28 heavy (non-hydrogen) atoms. The standard InChI is InChI=1S/C20H16ClF4N3/c21-15-9-8-12(20(23,24)25)11-14(15)18-13-5-3-4-10-26-19(13)28(27-18)17-7-2-1-6-16(17)22/h1-2,6-9,11,26H,3-5,10H2. The summed E-state index contributed by atoms with van der Waals surface area (Å²) in [4.78, 5) is 0. The molecule has 146 valence electrons. The Morgan fingerprint density at radius 2 is 1.86 bits per heavy atom. The predicted octanol–water partition coefficient (Wildman–Crippen LogP) is 6.10. The third-order valence-electron chi connectivity index (χ3n) is 4.76. The molecule has 0 fully saturated rings. The predicted molar refractivity (Wildman–Crippen MR) is 100 cm³/mol. The van der Waals surface area contributed by atoms with Crippen LogP contribution in [0.2, 0.25) is 5.02 Å². The number of benzene rings is 2. The van der Waals surface area contributed by atoms with E-state index in [1.807, 2.05) is 0 Å². The Hall–Kier alpha value is -2.54. The molecule has 0 saturated heterocycles. The molecule has 0 saturated carbocycles. The van der Waals surface area contributed by atoms with E-state index in [0.717, 1.165) is 30.5 Å². The van der Waals surface area contributed by atoms with Crippen molar-refractivity contribution in [2.75, 3.05) is 11.9 Å². The van der Waals surface area contributed by atoms with Crippen LogP contribution in [0, 0.1) is 5.82 Å². The van der Waals surface area contributed by atoms with Crippen molar-refractivity contribution in [1.82, 2.24) is 9.78 Å². The summed E-state index contributed by atoms with van der Waals surface area (Å²) in [5, 5.41) is 7.89. The van der Waals surface area contributed by atoms with Crippen molar-refractivity contribution < 1.29 is 17.6 Å². The maximum Gasteiger partial charge on any atom is 0.416 e. The van der Waals surface area contributed by atoms with Gasteiger partial charge in [-0.2, -0.15) is 18.3 Å². The Balaban J connectivity index is 1.95. The largest absolute Gasteiger partial charge is 0.416 e. The highest BCUT2D eigenvalue weighted by Crippen LogP contribution is 2.40. The van der Waals surface area contributed by atoms with Gasteiger partial charge in [-0.25, -0.2) is 9.07 Å². The van der Waals surface area contributed by atoms with Crippen LogP contribution in [0.25, 0.3) is 16.9 Å². The normalized spacial score (nSPS) is 14.3. The first kappa shape index (κ1) is 18.8. The number of aromatic nitrogens is 2. The van der Waals surface area contributed by atoms with E-state index in [1.165, 1.54) is 16.8 Å². The lowest BCUT2D eigenvalue weighted by Gasteiger charge is -2.10. The molecule has 0 bridgehead atoms. The van der Waals surface area contributed by atoms with Crippen molar-refractivity contribution in [1.29, 1.82) is 0 Å². The fraction of sp³-hybridized carbons (Fsp3) is 0.250. The summed E-state index contributed by atoms with van der Waals surface area (Å²) < 4.78 is 55.4. The Kier molecular flexibility index (Phi) is 4.79. The highest BCUT2D eigenvalue weighted by atomic mass is 35.5. The molecule has 8 heteroatoms. The molecule has 1 aliphatic rings. The Morgan fingerprint density at radius 3 is 2.61 bits per heavy atom. The molecular formula is C20H16ClF4N3. The van der Waals surface area contributed by atoms with Crippen LogP contribution < -0.4 is 5.32 Å². The summed E-state index contributed by atoms with van der Waals surface area (Å²) in [7, 11) is 0. The average molecular weight is 410 g/mol. The van der Waals surface area contributed by atoms with Gasteiger partial charge in [-0.1, -0.05) is 23.7 Å². The Labute approximate surface area is 163 Å². The van der Waals surface area contributed by atoms with Crippen LogP contribution >= 0.6 is 11.6 Å². The second kappa shape index (κ2) is 7.13. The van der Waals surface area contributed by atoms with E-state index >= 15 is 0 Å². The summed E-state index contributed by atoms with van der Waals surface area (Å²) >= 11 is 6.24. The van der Waals surface area contributed by atoms with Gasteiger partial charge in [-0.15, -0.1) is 0 Å². The number of hydrogen-bond donors (Lipinski definition) is 1. The van der Waals surface area contributed by atoms with Gasteiger partial charge in [0.25, 0.3) is 0 Å². The SMILES string of the molecule is Fc1ccccc1-n1nc(-c2cc(C(F)(F)F)ccc2Cl)c2c1NCCCC2. The molecule has 0 unspecified atom stereocenters. The molecule has 3 nitrogen and oxygen atoms in total. The second-order valence-electron chi connectivity index (χ2n) is 6.62. The minimum atomic E-state index is -4.50. The molecule has 0 radical (unpaired) electrons. The molecule has 1 aromatic heterocycles. The van der Waals surface area contributed by atoms with Gasteiger partial charge in [-0.05, 0) is 49.6 Å². The maximum absolute atomic E-state index is 14.4. The van der Waals surface area contributed by atoms with Gasteiger partial charge in [0.05, 0.1) is 16.3 Å². The smallest absolute Gasteiger partial charge is 0.370 e. The minimum absolute atomic E-state index is 0.165. The fourth-order valence-electron chi connectivity index (χ4n) is 3.40. The first-order chi connectivity index (χ1) is 13.4. The van der Waals surface area contributed by atoms with Gasteiger partial charge in [0, 0.05) is 17.7 Å². The average Bonchev–Trinajstić information content (AvgIpc) is 2.83. The van der Waals surface area contributed by atoms with E-state index in [0.29, 0.717) is 24.5 Å². The third-order valence-corrected chi connectivity index (χ3v) is 5.09. The Bertz CT molecular complexity index is 1030. The lowest BCUT2D eigenvalue weighted by molar-refractivity contribution is -0.137. The van der Waals surface area contributed by atoms with E-state index in [4.69, 9.17) is 11.6 Å². The summed E-state index contributed by atoms with van der Waals surface area (Å²) in [5.41, 5.74) is 0.683. The van der Waals surface area contributed by atoms with Crippen molar-refractivity contribution in [2.24, 2.45) is 0 Å². The molecule has 0 amide bonds. The maximum atomic E-state index is 14.4. The van der Waals surface area contributed by atoms with Crippen molar-refractivity contribution in [2.45, 2.75) is 25.4 Å². The molecule has 1 aliphatic heterocycles. The zero-order chi connectivity index (χ0) is 19.9. The monoisotopic (exact) mass is 409 g/mol. The molecule has 3 aromatic rings.